The van der Waals surface area contributed by atoms with Crippen LogP contribution in [0.5, 0.6) is 0 Å². The van der Waals surface area contributed by atoms with Crippen molar-refractivity contribution < 1.29 is 35.1 Å². The third-order valence-electron chi connectivity index (χ3n) is 4.50. The highest BCUT2D eigenvalue weighted by atomic mass is 79.9. The summed E-state index contributed by atoms with van der Waals surface area (Å²) in [4.78, 5) is 7.91. The molecule has 0 aliphatic carbocycles. The zero-order chi connectivity index (χ0) is 28.0. The molecule has 2 aromatic carbocycles. The Morgan fingerprint density at radius 1 is 0.474 bits per heavy atom. The minimum Gasteiger partial charge on any atom is -0.265 e. The number of aromatic nitrogens is 2. The van der Waals surface area contributed by atoms with Gasteiger partial charge in [-0.1, -0.05) is 12.2 Å². The van der Waals surface area contributed by atoms with Crippen LogP contribution in [0.25, 0.3) is 12.2 Å². The van der Waals surface area contributed by atoms with E-state index >= 15 is 0 Å². The predicted octanol–water partition coefficient (Wildman–Crippen LogP) is 9.39. The lowest BCUT2D eigenvalue weighted by Gasteiger charge is -2.06. The maximum Gasteiger partial charge on any atom is 0.190 e. The van der Waals surface area contributed by atoms with Crippen molar-refractivity contribution in [2.24, 2.45) is 10.2 Å². The van der Waals surface area contributed by atoms with Crippen molar-refractivity contribution in [1.82, 2.24) is 9.97 Å². The minimum atomic E-state index is -2.04. The highest BCUT2D eigenvalue weighted by molar-refractivity contribution is 9.10. The molecule has 4 rings (SSSR count). The molecule has 0 bridgehead atoms. The van der Waals surface area contributed by atoms with Gasteiger partial charge < -0.3 is 0 Å². The fraction of sp³-hybridized carbons (Fsp3) is 0. The lowest BCUT2D eigenvalue weighted by molar-refractivity contribution is 0.445. The van der Waals surface area contributed by atoms with E-state index in [-0.39, 0.29) is 0 Å². The van der Waals surface area contributed by atoms with Crippen molar-refractivity contribution in [3.05, 3.63) is 116 Å². The molecule has 14 heteroatoms. The van der Waals surface area contributed by atoms with E-state index in [4.69, 9.17) is 0 Å². The number of rotatable bonds is 4. The average molecular weight is 666 g/mol. The summed E-state index contributed by atoms with van der Waals surface area (Å²) in [6, 6.07) is 7.88. The second kappa shape index (κ2) is 12.8. The van der Waals surface area contributed by atoms with Crippen LogP contribution in [0.15, 0.2) is 68.2 Å². The van der Waals surface area contributed by atoms with Gasteiger partial charge in [0, 0.05) is 24.8 Å². The first kappa shape index (κ1) is 29.0. The van der Waals surface area contributed by atoms with Crippen molar-refractivity contribution in [1.29, 1.82) is 0 Å². The highest BCUT2D eigenvalue weighted by Crippen LogP contribution is 2.37. The van der Waals surface area contributed by atoms with Crippen LogP contribution in [0.1, 0.15) is 11.1 Å². The third-order valence-corrected chi connectivity index (χ3v) is 5.90. The number of benzene rings is 2. The number of hydrogen-bond acceptors (Lipinski definition) is 4. The van der Waals surface area contributed by atoms with Crippen molar-refractivity contribution in [3.63, 3.8) is 0 Å². The molecule has 0 radical (unpaired) electrons. The van der Waals surface area contributed by atoms with Gasteiger partial charge in [-0.3, -0.25) is 9.97 Å². The molecule has 2 aromatic heterocycles. The van der Waals surface area contributed by atoms with Crippen molar-refractivity contribution in [3.8, 4) is 0 Å². The summed E-state index contributed by atoms with van der Waals surface area (Å²) in [7, 11) is 0. The molecular weight excluding hydrogens is 656 g/mol. The zero-order valence-electron chi connectivity index (χ0n) is 18.3. The molecule has 0 unspecified atom stereocenters. The smallest absolute Gasteiger partial charge is 0.190 e. The van der Waals surface area contributed by atoms with Crippen LogP contribution in [-0.4, -0.2) is 9.97 Å². The first-order valence-electron chi connectivity index (χ1n) is 9.97. The zero-order valence-corrected chi connectivity index (χ0v) is 21.5. The monoisotopic (exact) mass is 664 g/mol. The average Bonchev–Trinajstić information content (AvgIpc) is 2.94. The second-order valence-corrected chi connectivity index (χ2v) is 8.52. The molecule has 0 aliphatic heterocycles. The summed E-state index contributed by atoms with van der Waals surface area (Å²) in [6.45, 7) is 0. The van der Waals surface area contributed by atoms with E-state index in [1.54, 1.807) is 24.8 Å². The first-order chi connectivity index (χ1) is 18.0. The summed E-state index contributed by atoms with van der Waals surface area (Å²) in [5.74, 6) is -15.7. The molecule has 0 atom stereocenters. The van der Waals surface area contributed by atoms with Gasteiger partial charge in [-0.15, -0.1) is 10.2 Å². The van der Waals surface area contributed by atoms with E-state index in [1.165, 1.54) is 0 Å². The van der Waals surface area contributed by atoms with Crippen LogP contribution in [0.4, 0.5) is 46.5 Å². The lowest BCUT2D eigenvalue weighted by atomic mass is 10.2. The van der Waals surface area contributed by atoms with Crippen molar-refractivity contribution in [2.45, 2.75) is 0 Å². The summed E-state index contributed by atoms with van der Waals surface area (Å²) < 4.78 is 105. The maximum atomic E-state index is 13.5. The molecule has 4 aromatic rings. The van der Waals surface area contributed by atoms with Gasteiger partial charge in [0.2, 0.25) is 0 Å². The Hall–Kier alpha value is -3.52. The normalized spacial score (nSPS) is 11.2. The SMILES string of the molecule is C(=C\c1ccncc1)/c1ccncc1.Fc1c(F)c(N=Nc2c(F)c(F)c(Br)c(F)c2F)c(F)c(F)c1Br. The summed E-state index contributed by atoms with van der Waals surface area (Å²) >= 11 is 4.47. The topological polar surface area (TPSA) is 50.5 Å². The Morgan fingerprint density at radius 2 is 0.737 bits per heavy atom. The van der Waals surface area contributed by atoms with E-state index in [9.17, 15) is 35.1 Å². The quantitative estimate of drug-likeness (QED) is 0.0944. The fourth-order valence-corrected chi connectivity index (χ4v) is 3.30. The molecule has 38 heavy (non-hydrogen) atoms. The summed E-state index contributed by atoms with van der Waals surface area (Å²) in [6.07, 6.45) is 11.2. The summed E-state index contributed by atoms with van der Waals surface area (Å²) in [5.41, 5.74) is -1.07. The fourth-order valence-electron chi connectivity index (χ4n) is 2.60. The van der Waals surface area contributed by atoms with E-state index in [0.29, 0.717) is 0 Å². The Morgan fingerprint density at radius 3 is 1.00 bits per heavy atom. The second-order valence-electron chi connectivity index (χ2n) is 6.93. The van der Waals surface area contributed by atoms with E-state index in [0.717, 1.165) is 11.1 Å². The maximum absolute atomic E-state index is 13.5. The van der Waals surface area contributed by atoms with Gasteiger partial charge in [0.05, 0.1) is 8.95 Å². The van der Waals surface area contributed by atoms with Gasteiger partial charge in [0.25, 0.3) is 0 Å². The molecule has 4 nitrogen and oxygen atoms in total. The molecule has 0 aliphatic rings. The lowest BCUT2D eigenvalue weighted by Crippen LogP contribution is -1.98. The van der Waals surface area contributed by atoms with E-state index in [1.807, 2.05) is 24.3 Å². The number of halogens is 10. The van der Waals surface area contributed by atoms with Crippen LogP contribution in [0.2, 0.25) is 0 Å². The van der Waals surface area contributed by atoms with Gasteiger partial charge in [-0.2, -0.15) is 0 Å². The Kier molecular flexibility index (Phi) is 9.80. The number of hydrogen-bond donors (Lipinski definition) is 0. The molecule has 0 amide bonds. The van der Waals surface area contributed by atoms with Gasteiger partial charge in [0.1, 0.15) is 0 Å². The molecule has 196 valence electrons. The van der Waals surface area contributed by atoms with Crippen LogP contribution >= 0.6 is 31.9 Å². The molecular formula is C24H10Br2F8N4. The van der Waals surface area contributed by atoms with Gasteiger partial charge in [-0.05, 0) is 67.3 Å². The van der Waals surface area contributed by atoms with E-state index in [2.05, 4.69) is 64.2 Å². The standard InChI is InChI=1S/C12Br2F8N2.C12H10N2/c13-1-3(15)7(19)11(8(20)4(1)16)23-24-12-9(21)5(17)2(14)6(18)10(12)22;1(11-3-7-13-8-4-11)2-12-5-9-14-10-6-12/h;1-10H/b;2-1+. The van der Waals surface area contributed by atoms with Crippen LogP contribution < -0.4 is 0 Å². The number of pyridine rings is 2. The third kappa shape index (κ3) is 6.48. The predicted molar refractivity (Wildman–Crippen MR) is 130 cm³/mol. The molecule has 0 spiro atoms. The van der Waals surface area contributed by atoms with Crippen molar-refractivity contribution >= 4 is 55.4 Å². The Labute approximate surface area is 226 Å². The Balaban J connectivity index is 0.000000241. The van der Waals surface area contributed by atoms with Crippen LogP contribution in [0, 0.1) is 46.5 Å². The molecule has 0 saturated heterocycles. The highest BCUT2D eigenvalue weighted by Gasteiger charge is 2.27. The van der Waals surface area contributed by atoms with Gasteiger partial charge >= 0.3 is 0 Å². The van der Waals surface area contributed by atoms with Gasteiger partial charge in [0.15, 0.2) is 57.9 Å². The Bertz CT molecular complexity index is 1350. The van der Waals surface area contributed by atoms with Crippen LogP contribution in [-0.2, 0) is 0 Å². The molecule has 2 heterocycles. The minimum absolute atomic E-state index is 1.15. The summed E-state index contributed by atoms with van der Waals surface area (Å²) in [5, 5.41) is 5.23. The van der Waals surface area contributed by atoms with Crippen molar-refractivity contribution in [2.75, 3.05) is 0 Å². The number of azo groups is 1. The number of nitrogens with zero attached hydrogens (tertiary/aromatic N) is 4. The first-order valence-corrected chi connectivity index (χ1v) is 11.6. The van der Waals surface area contributed by atoms with E-state index < -0.39 is 66.9 Å². The molecule has 0 saturated carbocycles. The molecule has 0 fully saturated rings. The molecule has 0 N–H and O–H groups in total. The van der Waals surface area contributed by atoms with Crippen LogP contribution in [0.3, 0.4) is 0 Å². The largest absolute Gasteiger partial charge is 0.265 e. The van der Waals surface area contributed by atoms with Gasteiger partial charge in [-0.25, -0.2) is 35.1 Å².